The summed E-state index contributed by atoms with van der Waals surface area (Å²) in [6.07, 6.45) is 1.79. The molecule has 1 rings (SSSR count). The van der Waals surface area contributed by atoms with Gasteiger partial charge < -0.3 is 15.8 Å². The van der Waals surface area contributed by atoms with Gasteiger partial charge in [0.15, 0.2) is 0 Å². The zero-order valence-electron chi connectivity index (χ0n) is 9.57. The maximum atomic E-state index is 11.6. The summed E-state index contributed by atoms with van der Waals surface area (Å²) in [6, 6.07) is 0.250. The third-order valence-corrected chi connectivity index (χ3v) is 2.55. The van der Waals surface area contributed by atoms with Gasteiger partial charge in [-0.05, 0) is 19.9 Å². The fraction of sp³-hybridized carbons (Fsp3) is 0.800. The van der Waals surface area contributed by atoms with Crippen LogP contribution in [0.3, 0.4) is 0 Å². The molecule has 92 valence electrons. The molecule has 0 aromatic rings. The van der Waals surface area contributed by atoms with Crippen LogP contribution in [0.1, 0.15) is 12.8 Å². The molecule has 0 bridgehead atoms. The summed E-state index contributed by atoms with van der Waals surface area (Å²) in [5.74, 6) is 0.0191. The maximum absolute atomic E-state index is 11.6. The number of nitrogens with two attached hydrogens (primary N) is 1. The highest BCUT2D eigenvalue weighted by Crippen LogP contribution is 2.05. The molecule has 1 saturated heterocycles. The van der Waals surface area contributed by atoms with Gasteiger partial charge in [0, 0.05) is 25.8 Å². The van der Waals surface area contributed by atoms with E-state index in [1.165, 1.54) is 0 Å². The van der Waals surface area contributed by atoms with E-state index in [-0.39, 0.29) is 11.9 Å². The second kappa shape index (κ2) is 6.78. The van der Waals surface area contributed by atoms with E-state index in [0.717, 1.165) is 26.1 Å². The van der Waals surface area contributed by atoms with Gasteiger partial charge in [0.2, 0.25) is 5.91 Å². The number of nitrogens with zero attached hydrogens (tertiary/aromatic N) is 1. The lowest BCUT2D eigenvalue weighted by Crippen LogP contribution is -2.44. The molecular weight excluding hydrogens is 226 g/mol. The molecule has 1 amide bonds. The lowest BCUT2D eigenvalue weighted by molar-refractivity contribution is -0.123. The Morgan fingerprint density at radius 2 is 2.12 bits per heavy atom. The Bertz CT molecular complexity index is 254. The summed E-state index contributed by atoms with van der Waals surface area (Å²) >= 11 is 4.77. The number of rotatable bonds is 5. The van der Waals surface area contributed by atoms with Gasteiger partial charge >= 0.3 is 0 Å². The van der Waals surface area contributed by atoms with E-state index in [0.29, 0.717) is 18.1 Å². The molecule has 0 aromatic heterocycles. The second-order valence-electron chi connectivity index (χ2n) is 4.09. The fourth-order valence-corrected chi connectivity index (χ4v) is 1.90. The zero-order chi connectivity index (χ0) is 12.0. The van der Waals surface area contributed by atoms with E-state index in [1.54, 1.807) is 4.90 Å². The van der Waals surface area contributed by atoms with Gasteiger partial charge in [0.1, 0.15) is 0 Å². The van der Waals surface area contributed by atoms with Crippen molar-refractivity contribution in [3.63, 3.8) is 0 Å². The van der Waals surface area contributed by atoms with E-state index in [1.807, 2.05) is 7.05 Å². The minimum absolute atomic E-state index is 0.0191. The van der Waals surface area contributed by atoms with Gasteiger partial charge in [0.25, 0.3) is 0 Å². The van der Waals surface area contributed by atoms with Crippen molar-refractivity contribution in [3.05, 3.63) is 0 Å². The number of hydrogen-bond donors (Lipinski definition) is 2. The number of thiocarbonyl (C=S) groups is 1. The van der Waals surface area contributed by atoms with Crippen LogP contribution in [0.5, 0.6) is 0 Å². The number of carbonyl (C=O) groups is 1. The summed E-state index contributed by atoms with van der Waals surface area (Å²) in [6.45, 7) is 2.26. The first-order valence-corrected chi connectivity index (χ1v) is 5.82. The van der Waals surface area contributed by atoms with Gasteiger partial charge in [-0.25, -0.2) is 0 Å². The molecule has 1 heterocycles. The first-order chi connectivity index (χ1) is 7.58. The minimum atomic E-state index is 0.0191. The normalized spacial score (nSPS) is 17.4. The highest BCUT2D eigenvalue weighted by Gasteiger charge is 2.16. The van der Waals surface area contributed by atoms with Crippen LogP contribution in [-0.2, 0) is 9.53 Å². The fourth-order valence-electron chi connectivity index (χ4n) is 1.68. The SMILES string of the molecule is CN(CC(=O)NC1CCOCC1)CC(N)=S. The van der Waals surface area contributed by atoms with Crippen LogP contribution < -0.4 is 11.1 Å². The third kappa shape index (κ3) is 5.39. The smallest absolute Gasteiger partial charge is 0.234 e. The van der Waals surface area contributed by atoms with Crippen molar-refractivity contribution in [3.8, 4) is 0 Å². The molecule has 1 aliphatic rings. The lowest BCUT2D eigenvalue weighted by Gasteiger charge is -2.24. The number of likely N-dealkylation sites (N-methyl/N-ethyl adjacent to an activating group) is 1. The molecule has 6 heteroatoms. The van der Waals surface area contributed by atoms with Crippen molar-refractivity contribution in [1.29, 1.82) is 0 Å². The van der Waals surface area contributed by atoms with Crippen molar-refractivity contribution in [2.45, 2.75) is 18.9 Å². The van der Waals surface area contributed by atoms with Gasteiger partial charge in [-0.15, -0.1) is 0 Å². The Balaban J connectivity index is 2.21. The van der Waals surface area contributed by atoms with Crippen molar-refractivity contribution >= 4 is 23.1 Å². The van der Waals surface area contributed by atoms with Crippen molar-refractivity contribution in [1.82, 2.24) is 10.2 Å². The Labute approximate surface area is 101 Å². The molecule has 0 spiro atoms. The number of hydrogen-bond acceptors (Lipinski definition) is 4. The predicted molar refractivity (Wildman–Crippen MR) is 66.3 cm³/mol. The Morgan fingerprint density at radius 1 is 1.50 bits per heavy atom. The maximum Gasteiger partial charge on any atom is 0.234 e. The highest BCUT2D eigenvalue weighted by molar-refractivity contribution is 7.80. The van der Waals surface area contributed by atoms with Crippen LogP contribution >= 0.6 is 12.2 Å². The van der Waals surface area contributed by atoms with Crippen molar-refractivity contribution in [2.24, 2.45) is 5.73 Å². The average Bonchev–Trinajstić information content (AvgIpc) is 2.17. The number of carbonyl (C=O) groups excluding carboxylic acids is 1. The summed E-state index contributed by atoms with van der Waals surface area (Å²) in [7, 11) is 1.82. The molecule has 5 nitrogen and oxygen atoms in total. The van der Waals surface area contributed by atoms with Crippen LogP contribution in [0.4, 0.5) is 0 Å². The Kier molecular flexibility index (Phi) is 5.65. The number of amides is 1. The standard InChI is InChI=1S/C10H19N3O2S/c1-13(6-9(11)16)7-10(14)12-8-2-4-15-5-3-8/h8H,2-7H2,1H3,(H2,11,16)(H,12,14). The minimum Gasteiger partial charge on any atom is -0.392 e. The molecule has 16 heavy (non-hydrogen) atoms. The van der Waals surface area contributed by atoms with Crippen LogP contribution in [0.2, 0.25) is 0 Å². The topological polar surface area (TPSA) is 67.6 Å². The molecule has 3 N–H and O–H groups in total. The molecular formula is C10H19N3O2S. The molecule has 0 aromatic carbocycles. The quantitative estimate of drug-likeness (QED) is 0.639. The molecule has 0 radical (unpaired) electrons. The van der Waals surface area contributed by atoms with E-state index in [2.05, 4.69) is 5.32 Å². The van der Waals surface area contributed by atoms with E-state index in [9.17, 15) is 4.79 Å². The molecule has 1 aliphatic heterocycles. The Morgan fingerprint density at radius 3 is 2.69 bits per heavy atom. The van der Waals surface area contributed by atoms with Crippen LogP contribution in [0.15, 0.2) is 0 Å². The van der Waals surface area contributed by atoms with Gasteiger partial charge in [-0.2, -0.15) is 0 Å². The van der Waals surface area contributed by atoms with E-state index in [4.69, 9.17) is 22.7 Å². The van der Waals surface area contributed by atoms with E-state index >= 15 is 0 Å². The summed E-state index contributed by atoms with van der Waals surface area (Å²) in [4.78, 5) is 13.8. The first-order valence-electron chi connectivity index (χ1n) is 5.42. The molecule has 0 unspecified atom stereocenters. The molecule has 0 saturated carbocycles. The summed E-state index contributed by atoms with van der Waals surface area (Å²) in [5, 5.41) is 2.98. The lowest BCUT2D eigenvalue weighted by atomic mass is 10.1. The Hall–Kier alpha value is -0.720. The monoisotopic (exact) mass is 245 g/mol. The van der Waals surface area contributed by atoms with Crippen LogP contribution in [-0.4, -0.2) is 55.2 Å². The first kappa shape index (κ1) is 13.3. The molecule has 0 aliphatic carbocycles. The summed E-state index contributed by atoms with van der Waals surface area (Å²) in [5.41, 5.74) is 5.39. The number of ether oxygens (including phenoxy) is 1. The second-order valence-corrected chi connectivity index (χ2v) is 4.62. The van der Waals surface area contributed by atoms with Crippen molar-refractivity contribution in [2.75, 3.05) is 33.4 Å². The van der Waals surface area contributed by atoms with Gasteiger partial charge in [-0.3, -0.25) is 9.69 Å². The van der Waals surface area contributed by atoms with Crippen molar-refractivity contribution < 1.29 is 9.53 Å². The summed E-state index contributed by atoms with van der Waals surface area (Å²) < 4.78 is 5.22. The molecule has 1 fully saturated rings. The predicted octanol–water partition coefficient (Wildman–Crippen LogP) is -0.500. The van der Waals surface area contributed by atoms with Gasteiger partial charge in [-0.1, -0.05) is 12.2 Å². The van der Waals surface area contributed by atoms with Crippen LogP contribution in [0.25, 0.3) is 0 Å². The average molecular weight is 245 g/mol. The molecule has 0 atom stereocenters. The van der Waals surface area contributed by atoms with E-state index < -0.39 is 0 Å². The van der Waals surface area contributed by atoms with Crippen LogP contribution in [0, 0.1) is 0 Å². The number of nitrogens with one attached hydrogen (secondary N) is 1. The highest BCUT2D eigenvalue weighted by atomic mass is 32.1. The zero-order valence-corrected chi connectivity index (χ0v) is 10.4. The third-order valence-electron chi connectivity index (χ3n) is 2.43. The largest absolute Gasteiger partial charge is 0.392 e. The van der Waals surface area contributed by atoms with Gasteiger partial charge in [0.05, 0.1) is 11.5 Å².